The summed E-state index contributed by atoms with van der Waals surface area (Å²) in [5, 5.41) is 0. The van der Waals surface area contributed by atoms with Crippen LogP contribution in [0.2, 0.25) is 0 Å². The van der Waals surface area contributed by atoms with Gasteiger partial charge in [-0.1, -0.05) is 0 Å². The zero-order valence-electron chi connectivity index (χ0n) is 8.95. The molecule has 0 aromatic heterocycles. The second-order valence-electron chi connectivity index (χ2n) is 4.19. The van der Waals surface area contributed by atoms with E-state index in [1.54, 1.807) is 0 Å². The number of nitrogens with zero attached hydrogens (tertiary/aromatic N) is 2. The number of rotatable bonds is 3. The maximum Gasteiger partial charge on any atom is 0.0594 e. The molecular weight excluding hydrogens is 176 g/mol. The lowest BCUT2D eigenvalue weighted by molar-refractivity contribution is 0.0332. The first kappa shape index (κ1) is 10.4. The van der Waals surface area contributed by atoms with E-state index in [0.717, 1.165) is 26.3 Å². The van der Waals surface area contributed by atoms with Crippen LogP contribution in [-0.4, -0.2) is 62.3 Å². The summed E-state index contributed by atoms with van der Waals surface area (Å²) in [6.07, 6.45) is 5.07. The zero-order valence-corrected chi connectivity index (χ0v) is 8.95. The summed E-state index contributed by atoms with van der Waals surface area (Å²) in [4.78, 5) is 5.07. The van der Waals surface area contributed by atoms with Gasteiger partial charge in [-0.3, -0.25) is 4.90 Å². The fraction of sp³-hybridized carbons (Fsp3) is 0.909. The van der Waals surface area contributed by atoms with Crippen LogP contribution in [0.25, 0.3) is 0 Å². The molecule has 0 aromatic rings. The number of likely N-dealkylation sites (tertiary alicyclic amines) is 1. The largest absolute Gasteiger partial charge is 0.379 e. The van der Waals surface area contributed by atoms with Crippen LogP contribution in [0.5, 0.6) is 0 Å². The van der Waals surface area contributed by atoms with E-state index in [2.05, 4.69) is 16.2 Å². The van der Waals surface area contributed by atoms with E-state index in [1.165, 1.54) is 39.0 Å². The van der Waals surface area contributed by atoms with Gasteiger partial charge in [0.05, 0.1) is 13.2 Å². The van der Waals surface area contributed by atoms with Gasteiger partial charge in [0.25, 0.3) is 0 Å². The minimum absolute atomic E-state index is 0.923. The molecule has 0 N–H and O–H groups in total. The molecule has 2 fully saturated rings. The fourth-order valence-corrected chi connectivity index (χ4v) is 2.14. The van der Waals surface area contributed by atoms with Crippen molar-refractivity contribution in [2.75, 3.05) is 52.5 Å². The molecule has 1 radical (unpaired) electrons. The van der Waals surface area contributed by atoms with Crippen LogP contribution in [0.3, 0.4) is 0 Å². The standard InChI is InChI=1S/C11H21N2O/c1-2-4-12(5-3-1)6-7-13-8-10-14-11-9-13/h2H,1,3-11H2. The smallest absolute Gasteiger partial charge is 0.0594 e. The molecular formula is C11H21N2O. The third kappa shape index (κ3) is 3.23. The van der Waals surface area contributed by atoms with Crippen molar-refractivity contribution in [2.45, 2.75) is 12.8 Å². The Morgan fingerprint density at radius 2 is 1.79 bits per heavy atom. The molecule has 0 amide bonds. The van der Waals surface area contributed by atoms with E-state index in [-0.39, 0.29) is 0 Å². The molecule has 3 heteroatoms. The van der Waals surface area contributed by atoms with E-state index in [4.69, 9.17) is 4.74 Å². The summed E-state index contributed by atoms with van der Waals surface area (Å²) in [5.41, 5.74) is 0. The number of ether oxygens (including phenoxy) is 1. The highest BCUT2D eigenvalue weighted by molar-refractivity contribution is 4.78. The van der Waals surface area contributed by atoms with Crippen molar-refractivity contribution in [3.63, 3.8) is 0 Å². The number of hydrogen-bond acceptors (Lipinski definition) is 3. The molecule has 81 valence electrons. The normalized spacial score (nSPS) is 26.6. The van der Waals surface area contributed by atoms with Crippen molar-refractivity contribution >= 4 is 0 Å². The zero-order chi connectivity index (χ0) is 9.64. The lowest BCUT2D eigenvalue weighted by Crippen LogP contribution is -2.42. The average Bonchev–Trinajstić information content (AvgIpc) is 2.29. The van der Waals surface area contributed by atoms with Crippen molar-refractivity contribution in [1.82, 2.24) is 9.80 Å². The van der Waals surface area contributed by atoms with Crippen LogP contribution in [-0.2, 0) is 4.74 Å². The summed E-state index contributed by atoms with van der Waals surface area (Å²) in [5.74, 6) is 0. The first-order valence-electron chi connectivity index (χ1n) is 5.79. The Kier molecular flexibility index (Phi) is 4.22. The van der Waals surface area contributed by atoms with E-state index in [0.29, 0.717) is 0 Å². The summed E-state index contributed by atoms with van der Waals surface area (Å²) < 4.78 is 5.33. The van der Waals surface area contributed by atoms with Crippen molar-refractivity contribution in [1.29, 1.82) is 0 Å². The lowest BCUT2D eigenvalue weighted by Gasteiger charge is -2.31. The number of hydrogen-bond donors (Lipinski definition) is 0. The molecule has 0 aliphatic carbocycles. The van der Waals surface area contributed by atoms with Gasteiger partial charge in [0, 0.05) is 32.7 Å². The van der Waals surface area contributed by atoms with Crippen LogP contribution in [0.1, 0.15) is 12.8 Å². The Bertz CT molecular complexity index is 133. The van der Waals surface area contributed by atoms with Crippen molar-refractivity contribution in [3.8, 4) is 0 Å². The molecule has 0 atom stereocenters. The van der Waals surface area contributed by atoms with Gasteiger partial charge in [0.15, 0.2) is 0 Å². The molecule has 2 heterocycles. The molecule has 0 aromatic carbocycles. The number of piperidine rings is 1. The molecule has 0 bridgehead atoms. The van der Waals surface area contributed by atoms with E-state index >= 15 is 0 Å². The van der Waals surface area contributed by atoms with Gasteiger partial charge >= 0.3 is 0 Å². The van der Waals surface area contributed by atoms with Gasteiger partial charge < -0.3 is 9.64 Å². The Morgan fingerprint density at radius 1 is 1.00 bits per heavy atom. The van der Waals surface area contributed by atoms with Gasteiger partial charge in [-0.25, -0.2) is 0 Å². The summed E-state index contributed by atoms with van der Waals surface area (Å²) in [6.45, 7) is 9.03. The fourth-order valence-electron chi connectivity index (χ4n) is 2.14. The van der Waals surface area contributed by atoms with Crippen LogP contribution >= 0.6 is 0 Å². The van der Waals surface area contributed by atoms with Gasteiger partial charge in [0.2, 0.25) is 0 Å². The lowest BCUT2D eigenvalue weighted by atomic mass is 10.1. The highest BCUT2D eigenvalue weighted by atomic mass is 16.5. The van der Waals surface area contributed by atoms with E-state index < -0.39 is 0 Å². The van der Waals surface area contributed by atoms with Crippen LogP contribution in [0.4, 0.5) is 0 Å². The second-order valence-corrected chi connectivity index (χ2v) is 4.19. The summed E-state index contributed by atoms with van der Waals surface area (Å²) in [6, 6.07) is 0. The summed E-state index contributed by atoms with van der Waals surface area (Å²) in [7, 11) is 0. The maximum atomic E-state index is 5.33. The SMILES string of the molecule is [CH]1CCCN(CCN2CCOCC2)C1. The predicted octanol–water partition coefficient (Wildman–Crippen LogP) is 0.619. The topological polar surface area (TPSA) is 15.7 Å². The van der Waals surface area contributed by atoms with E-state index in [9.17, 15) is 0 Å². The van der Waals surface area contributed by atoms with Crippen molar-refractivity contribution in [2.24, 2.45) is 0 Å². The minimum Gasteiger partial charge on any atom is -0.379 e. The van der Waals surface area contributed by atoms with Crippen LogP contribution < -0.4 is 0 Å². The Labute approximate surface area is 87.0 Å². The number of morpholine rings is 1. The molecule has 2 rings (SSSR count). The van der Waals surface area contributed by atoms with Crippen molar-refractivity contribution in [3.05, 3.63) is 6.42 Å². The first-order chi connectivity index (χ1) is 6.95. The predicted molar refractivity (Wildman–Crippen MR) is 57.2 cm³/mol. The summed E-state index contributed by atoms with van der Waals surface area (Å²) >= 11 is 0. The van der Waals surface area contributed by atoms with Gasteiger partial charge in [0.1, 0.15) is 0 Å². The Balaban J connectivity index is 1.60. The third-order valence-electron chi connectivity index (χ3n) is 3.11. The molecule has 2 aliphatic heterocycles. The van der Waals surface area contributed by atoms with E-state index in [1.807, 2.05) is 0 Å². The molecule has 2 aliphatic rings. The Morgan fingerprint density at radius 3 is 2.50 bits per heavy atom. The third-order valence-corrected chi connectivity index (χ3v) is 3.11. The Hall–Kier alpha value is -0.120. The molecule has 3 nitrogen and oxygen atoms in total. The average molecular weight is 197 g/mol. The molecule has 14 heavy (non-hydrogen) atoms. The van der Waals surface area contributed by atoms with Gasteiger partial charge in [-0.15, -0.1) is 0 Å². The first-order valence-corrected chi connectivity index (χ1v) is 5.79. The minimum atomic E-state index is 0.923. The highest BCUT2D eigenvalue weighted by Crippen LogP contribution is 2.07. The molecule has 0 unspecified atom stereocenters. The molecule has 0 saturated carbocycles. The molecule has 0 spiro atoms. The van der Waals surface area contributed by atoms with Gasteiger partial charge in [-0.2, -0.15) is 0 Å². The van der Waals surface area contributed by atoms with Gasteiger partial charge in [-0.05, 0) is 25.8 Å². The maximum absolute atomic E-state index is 5.33. The highest BCUT2D eigenvalue weighted by Gasteiger charge is 2.13. The quantitative estimate of drug-likeness (QED) is 0.659. The second kappa shape index (κ2) is 5.69. The van der Waals surface area contributed by atoms with Crippen LogP contribution in [0.15, 0.2) is 0 Å². The monoisotopic (exact) mass is 197 g/mol. The van der Waals surface area contributed by atoms with Crippen molar-refractivity contribution < 1.29 is 4.74 Å². The van der Waals surface area contributed by atoms with Crippen LogP contribution in [0, 0.1) is 6.42 Å². The molecule has 2 saturated heterocycles.